The summed E-state index contributed by atoms with van der Waals surface area (Å²) in [7, 11) is 0. The molecule has 0 aromatic carbocycles. The van der Waals surface area contributed by atoms with Gasteiger partial charge in [0.15, 0.2) is 0 Å². The van der Waals surface area contributed by atoms with E-state index in [-0.39, 0.29) is 11.9 Å². The molecule has 1 aromatic heterocycles. The van der Waals surface area contributed by atoms with Crippen LogP contribution in [0.2, 0.25) is 0 Å². The summed E-state index contributed by atoms with van der Waals surface area (Å²) >= 11 is 0. The van der Waals surface area contributed by atoms with Crippen LogP contribution < -0.4 is 11.1 Å². The lowest BCUT2D eigenvalue weighted by molar-refractivity contribution is -0.119. The molecule has 76 valence electrons. The Morgan fingerprint density at radius 1 is 1.93 bits per heavy atom. The zero-order chi connectivity index (χ0) is 10.6. The SMILES string of the molecule is C=Cn1cc(CNC(C)C(N)=O)cn1. The summed E-state index contributed by atoms with van der Waals surface area (Å²) < 4.78 is 1.60. The van der Waals surface area contributed by atoms with Gasteiger partial charge in [-0.2, -0.15) is 5.10 Å². The van der Waals surface area contributed by atoms with Gasteiger partial charge in [0.25, 0.3) is 0 Å². The minimum atomic E-state index is -0.360. The highest BCUT2D eigenvalue weighted by Gasteiger charge is 2.07. The van der Waals surface area contributed by atoms with Crippen molar-refractivity contribution in [1.82, 2.24) is 15.1 Å². The van der Waals surface area contributed by atoms with E-state index in [2.05, 4.69) is 17.0 Å². The third-order valence-electron chi connectivity index (χ3n) is 1.88. The summed E-state index contributed by atoms with van der Waals surface area (Å²) in [6, 6.07) is -0.331. The Kier molecular flexibility index (Phi) is 3.41. The van der Waals surface area contributed by atoms with E-state index in [1.54, 1.807) is 24.0 Å². The second-order valence-electron chi connectivity index (χ2n) is 3.02. The van der Waals surface area contributed by atoms with E-state index in [0.29, 0.717) is 6.54 Å². The van der Waals surface area contributed by atoms with Crippen LogP contribution >= 0.6 is 0 Å². The molecule has 0 aliphatic rings. The van der Waals surface area contributed by atoms with Crippen molar-refractivity contribution in [1.29, 1.82) is 0 Å². The van der Waals surface area contributed by atoms with Gasteiger partial charge in [-0.3, -0.25) is 4.79 Å². The van der Waals surface area contributed by atoms with Crippen LogP contribution in [0, 0.1) is 0 Å². The van der Waals surface area contributed by atoms with Gasteiger partial charge in [-0.1, -0.05) is 6.58 Å². The molecule has 1 aromatic rings. The number of nitrogens with one attached hydrogen (secondary N) is 1. The number of nitrogens with two attached hydrogens (primary N) is 1. The fourth-order valence-electron chi connectivity index (χ4n) is 0.940. The monoisotopic (exact) mass is 194 g/mol. The molecule has 0 fully saturated rings. The largest absolute Gasteiger partial charge is 0.368 e. The maximum absolute atomic E-state index is 10.7. The molecular formula is C9H14N4O. The highest BCUT2D eigenvalue weighted by atomic mass is 16.1. The third kappa shape index (κ3) is 2.70. The minimum Gasteiger partial charge on any atom is -0.368 e. The number of nitrogens with zero attached hydrogens (tertiary/aromatic N) is 2. The zero-order valence-electron chi connectivity index (χ0n) is 8.10. The molecule has 1 atom stereocenters. The summed E-state index contributed by atoms with van der Waals surface area (Å²) in [5.74, 6) is -0.360. The van der Waals surface area contributed by atoms with Crippen LogP contribution in [-0.4, -0.2) is 21.7 Å². The van der Waals surface area contributed by atoms with Crippen molar-refractivity contribution in [3.8, 4) is 0 Å². The lowest BCUT2D eigenvalue weighted by Gasteiger charge is -2.07. The highest BCUT2D eigenvalue weighted by molar-refractivity contribution is 5.79. The number of aromatic nitrogens is 2. The smallest absolute Gasteiger partial charge is 0.234 e. The first kappa shape index (κ1) is 10.5. The zero-order valence-corrected chi connectivity index (χ0v) is 8.10. The van der Waals surface area contributed by atoms with Crippen LogP contribution in [0.1, 0.15) is 12.5 Å². The summed E-state index contributed by atoms with van der Waals surface area (Å²) in [4.78, 5) is 10.7. The van der Waals surface area contributed by atoms with Crippen LogP contribution in [0.4, 0.5) is 0 Å². The van der Waals surface area contributed by atoms with E-state index in [1.165, 1.54) is 0 Å². The average Bonchev–Trinajstić information content (AvgIpc) is 2.61. The number of carbonyl (C=O) groups excluding carboxylic acids is 1. The molecule has 5 heteroatoms. The van der Waals surface area contributed by atoms with Gasteiger partial charge in [-0.15, -0.1) is 0 Å². The van der Waals surface area contributed by atoms with Gasteiger partial charge in [0.2, 0.25) is 5.91 Å². The fourth-order valence-corrected chi connectivity index (χ4v) is 0.940. The van der Waals surface area contributed by atoms with Gasteiger partial charge >= 0.3 is 0 Å². The maximum Gasteiger partial charge on any atom is 0.234 e. The Hall–Kier alpha value is -1.62. The Bertz CT molecular complexity index is 331. The van der Waals surface area contributed by atoms with Gasteiger partial charge in [-0.05, 0) is 6.92 Å². The van der Waals surface area contributed by atoms with E-state index in [1.807, 2.05) is 6.20 Å². The predicted molar refractivity (Wildman–Crippen MR) is 54.1 cm³/mol. The number of primary amides is 1. The first-order valence-electron chi connectivity index (χ1n) is 4.31. The molecule has 14 heavy (non-hydrogen) atoms. The molecule has 0 aliphatic heterocycles. The molecule has 1 unspecified atom stereocenters. The third-order valence-corrected chi connectivity index (χ3v) is 1.88. The van der Waals surface area contributed by atoms with E-state index in [0.717, 1.165) is 5.56 Å². The van der Waals surface area contributed by atoms with Crippen molar-refractivity contribution in [2.24, 2.45) is 5.73 Å². The second kappa shape index (κ2) is 4.57. The Morgan fingerprint density at radius 2 is 2.64 bits per heavy atom. The van der Waals surface area contributed by atoms with Gasteiger partial charge in [0, 0.05) is 24.5 Å². The second-order valence-corrected chi connectivity index (χ2v) is 3.02. The van der Waals surface area contributed by atoms with Crippen molar-refractivity contribution < 1.29 is 4.79 Å². The molecular weight excluding hydrogens is 180 g/mol. The molecule has 1 rings (SSSR count). The quantitative estimate of drug-likeness (QED) is 0.690. The predicted octanol–water partition coefficient (Wildman–Crippen LogP) is -0.0530. The van der Waals surface area contributed by atoms with Crippen LogP contribution in [0.3, 0.4) is 0 Å². The molecule has 0 radical (unpaired) electrons. The summed E-state index contributed by atoms with van der Waals surface area (Å²) in [5.41, 5.74) is 6.08. The molecule has 5 nitrogen and oxygen atoms in total. The first-order chi connectivity index (χ1) is 6.63. The molecule has 0 saturated carbocycles. The first-order valence-corrected chi connectivity index (χ1v) is 4.31. The standard InChI is InChI=1S/C9H14N4O/c1-3-13-6-8(5-12-13)4-11-7(2)9(10)14/h3,5-7,11H,1,4H2,2H3,(H2,10,14). The van der Waals surface area contributed by atoms with E-state index in [4.69, 9.17) is 5.73 Å². The van der Waals surface area contributed by atoms with Crippen LogP contribution in [0.5, 0.6) is 0 Å². The van der Waals surface area contributed by atoms with E-state index >= 15 is 0 Å². The van der Waals surface area contributed by atoms with Crippen molar-refractivity contribution >= 4 is 12.1 Å². The molecule has 1 heterocycles. The molecule has 1 amide bonds. The number of carbonyl (C=O) groups is 1. The Labute approximate surface area is 82.6 Å². The Morgan fingerprint density at radius 3 is 3.14 bits per heavy atom. The summed E-state index contributed by atoms with van der Waals surface area (Å²) in [6.07, 6.45) is 5.14. The number of rotatable bonds is 5. The number of hydrogen-bond donors (Lipinski definition) is 2. The lowest BCUT2D eigenvalue weighted by Crippen LogP contribution is -2.38. The number of amides is 1. The average molecular weight is 194 g/mol. The highest BCUT2D eigenvalue weighted by Crippen LogP contribution is 1.97. The van der Waals surface area contributed by atoms with E-state index < -0.39 is 0 Å². The molecule has 0 saturated heterocycles. The van der Waals surface area contributed by atoms with Crippen molar-refractivity contribution in [2.45, 2.75) is 19.5 Å². The Balaban J connectivity index is 2.45. The summed E-state index contributed by atoms with van der Waals surface area (Å²) in [5, 5.41) is 6.97. The van der Waals surface area contributed by atoms with Gasteiger partial charge in [-0.25, -0.2) is 4.68 Å². The van der Waals surface area contributed by atoms with Gasteiger partial charge in [0.1, 0.15) is 0 Å². The van der Waals surface area contributed by atoms with Crippen LogP contribution in [0.25, 0.3) is 6.20 Å². The minimum absolute atomic E-state index is 0.331. The molecule has 3 N–H and O–H groups in total. The topological polar surface area (TPSA) is 72.9 Å². The maximum atomic E-state index is 10.7. The van der Waals surface area contributed by atoms with Gasteiger partial charge < -0.3 is 11.1 Å². The summed E-state index contributed by atoms with van der Waals surface area (Å²) in [6.45, 7) is 5.86. The molecule has 0 bridgehead atoms. The fraction of sp³-hybridized carbons (Fsp3) is 0.333. The number of hydrogen-bond acceptors (Lipinski definition) is 3. The van der Waals surface area contributed by atoms with E-state index in [9.17, 15) is 4.79 Å². The van der Waals surface area contributed by atoms with Crippen molar-refractivity contribution in [2.75, 3.05) is 0 Å². The molecule has 0 spiro atoms. The van der Waals surface area contributed by atoms with Crippen LogP contribution in [0.15, 0.2) is 19.0 Å². The van der Waals surface area contributed by atoms with Gasteiger partial charge in [0.05, 0.1) is 12.2 Å². The molecule has 0 aliphatic carbocycles. The van der Waals surface area contributed by atoms with Crippen molar-refractivity contribution in [3.05, 3.63) is 24.5 Å². The lowest BCUT2D eigenvalue weighted by atomic mass is 10.3. The van der Waals surface area contributed by atoms with Crippen molar-refractivity contribution in [3.63, 3.8) is 0 Å². The van der Waals surface area contributed by atoms with Crippen LogP contribution in [-0.2, 0) is 11.3 Å². The normalized spacial score (nSPS) is 12.4.